The van der Waals surface area contributed by atoms with Gasteiger partial charge in [-0.1, -0.05) is 30.3 Å². The van der Waals surface area contributed by atoms with Gasteiger partial charge < -0.3 is 11.1 Å². The lowest BCUT2D eigenvalue weighted by atomic mass is 10.2. The zero-order valence-corrected chi connectivity index (χ0v) is 11.7. The predicted molar refractivity (Wildman–Crippen MR) is 82.2 cm³/mol. The van der Waals surface area contributed by atoms with Crippen LogP contribution in [-0.2, 0) is 6.54 Å². The van der Waals surface area contributed by atoms with Crippen LogP contribution in [0.3, 0.4) is 0 Å². The summed E-state index contributed by atoms with van der Waals surface area (Å²) in [6, 6.07) is 9.93. The number of carbonyl (C=O) groups excluding carboxylic acids is 1. The molecule has 2 heterocycles. The van der Waals surface area contributed by atoms with E-state index in [1.54, 1.807) is 17.1 Å². The Hall–Kier alpha value is -3.22. The van der Waals surface area contributed by atoms with Crippen molar-refractivity contribution in [2.24, 2.45) is 0 Å². The molecule has 0 fully saturated rings. The number of anilines is 2. The summed E-state index contributed by atoms with van der Waals surface area (Å²) >= 11 is 0. The molecule has 0 bridgehead atoms. The van der Waals surface area contributed by atoms with Crippen LogP contribution in [0, 0.1) is 0 Å². The monoisotopic (exact) mass is 294 g/mol. The molecule has 3 aromatic rings. The fourth-order valence-electron chi connectivity index (χ4n) is 2.00. The summed E-state index contributed by atoms with van der Waals surface area (Å²) < 4.78 is 1.74. The quantitative estimate of drug-likeness (QED) is 0.760. The smallest absolute Gasteiger partial charge is 0.278 e. The maximum atomic E-state index is 12.1. The van der Waals surface area contributed by atoms with E-state index in [-0.39, 0.29) is 11.5 Å². The lowest BCUT2D eigenvalue weighted by molar-refractivity contribution is 0.102. The molecule has 110 valence electrons. The second kappa shape index (κ2) is 6.04. The maximum Gasteiger partial charge on any atom is 0.278 e. The summed E-state index contributed by atoms with van der Waals surface area (Å²) in [4.78, 5) is 19.8. The van der Waals surface area contributed by atoms with E-state index in [4.69, 9.17) is 5.73 Å². The van der Waals surface area contributed by atoms with Crippen LogP contribution in [0.2, 0.25) is 0 Å². The topological polar surface area (TPSA) is 98.7 Å². The van der Waals surface area contributed by atoms with E-state index < -0.39 is 5.91 Å². The molecule has 0 radical (unpaired) electrons. The second-order valence-electron chi connectivity index (χ2n) is 4.66. The number of rotatable bonds is 4. The molecule has 0 aliphatic heterocycles. The summed E-state index contributed by atoms with van der Waals surface area (Å²) in [6.45, 7) is 0.629. The molecule has 3 N–H and O–H groups in total. The van der Waals surface area contributed by atoms with E-state index >= 15 is 0 Å². The van der Waals surface area contributed by atoms with E-state index in [9.17, 15) is 4.79 Å². The van der Waals surface area contributed by atoms with Crippen LogP contribution in [0.25, 0.3) is 0 Å². The molecule has 0 spiro atoms. The van der Waals surface area contributed by atoms with Gasteiger partial charge in [-0.25, -0.2) is 9.97 Å². The Bertz CT molecular complexity index is 783. The van der Waals surface area contributed by atoms with Crippen molar-refractivity contribution in [2.45, 2.75) is 6.54 Å². The van der Waals surface area contributed by atoms with E-state index in [0.717, 1.165) is 5.56 Å². The van der Waals surface area contributed by atoms with Gasteiger partial charge in [0.1, 0.15) is 0 Å². The van der Waals surface area contributed by atoms with Gasteiger partial charge in [0.15, 0.2) is 11.5 Å². The average molecular weight is 294 g/mol. The number of hydrogen-bond acceptors (Lipinski definition) is 5. The van der Waals surface area contributed by atoms with Gasteiger partial charge in [0.25, 0.3) is 5.91 Å². The highest BCUT2D eigenvalue weighted by atomic mass is 16.1. The highest BCUT2D eigenvalue weighted by Crippen LogP contribution is 2.11. The fourth-order valence-corrected chi connectivity index (χ4v) is 2.00. The number of nitrogen functional groups attached to an aromatic ring is 1. The zero-order chi connectivity index (χ0) is 15.4. The zero-order valence-electron chi connectivity index (χ0n) is 11.7. The van der Waals surface area contributed by atoms with E-state index in [1.807, 2.05) is 30.3 Å². The molecule has 7 nitrogen and oxygen atoms in total. The number of nitrogens with two attached hydrogens (primary N) is 1. The number of aromatic nitrogens is 4. The van der Waals surface area contributed by atoms with Crippen LogP contribution in [0.15, 0.2) is 55.1 Å². The van der Waals surface area contributed by atoms with Gasteiger partial charge in [-0.15, -0.1) is 0 Å². The third kappa shape index (κ3) is 3.09. The van der Waals surface area contributed by atoms with Crippen LogP contribution < -0.4 is 11.1 Å². The van der Waals surface area contributed by atoms with Crippen molar-refractivity contribution in [3.05, 3.63) is 66.4 Å². The van der Waals surface area contributed by atoms with Crippen molar-refractivity contribution < 1.29 is 4.79 Å². The summed E-state index contributed by atoms with van der Waals surface area (Å²) in [6.07, 6.45) is 6.18. The normalized spacial score (nSPS) is 10.4. The summed E-state index contributed by atoms with van der Waals surface area (Å²) in [5, 5.41) is 6.92. The van der Waals surface area contributed by atoms with E-state index in [0.29, 0.717) is 12.2 Å². The summed E-state index contributed by atoms with van der Waals surface area (Å²) in [7, 11) is 0. The van der Waals surface area contributed by atoms with Gasteiger partial charge in [0.05, 0.1) is 18.4 Å². The minimum atomic E-state index is -0.412. The van der Waals surface area contributed by atoms with Crippen molar-refractivity contribution >= 4 is 17.4 Å². The molecule has 0 unspecified atom stereocenters. The van der Waals surface area contributed by atoms with Gasteiger partial charge in [-0.05, 0) is 5.56 Å². The van der Waals surface area contributed by atoms with Gasteiger partial charge in [-0.2, -0.15) is 5.10 Å². The largest absolute Gasteiger partial charge is 0.382 e. The van der Waals surface area contributed by atoms with Crippen LogP contribution in [0.1, 0.15) is 16.1 Å². The number of benzene rings is 1. The third-order valence-electron chi connectivity index (χ3n) is 3.02. The van der Waals surface area contributed by atoms with Crippen molar-refractivity contribution in [2.75, 3.05) is 11.1 Å². The number of nitrogens with one attached hydrogen (secondary N) is 1. The standard InChI is InChI=1S/C15H14N6O/c16-14-13(17-6-7-18-14)15(22)20-12-8-19-21(10-12)9-11-4-2-1-3-5-11/h1-8,10H,9H2,(H2,16,18)(H,20,22). The lowest BCUT2D eigenvalue weighted by Crippen LogP contribution is -2.16. The predicted octanol–water partition coefficient (Wildman–Crippen LogP) is 1.56. The molecular weight excluding hydrogens is 280 g/mol. The Morgan fingerprint density at radius 3 is 2.73 bits per heavy atom. The minimum Gasteiger partial charge on any atom is -0.382 e. The third-order valence-corrected chi connectivity index (χ3v) is 3.02. The number of amides is 1. The fraction of sp³-hybridized carbons (Fsp3) is 0.0667. The van der Waals surface area contributed by atoms with Crippen LogP contribution in [0.4, 0.5) is 11.5 Å². The Balaban J connectivity index is 1.69. The Morgan fingerprint density at radius 1 is 1.18 bits per heavy atom. The van der Waals surface area contributed by atoms with Gasteiger partial charge in [0.2, 0.25) is 0 Å². The van der Waals surface area contributed by atoms with Crippen LogP contribution in [0.5, 0.6) is 0 Å². The first-order chi connectivity index (χ1) is 10.7. The molecule has 1 amide bonds. The van der Waals surface area contributed by atoms with Crippen molar-refractivity contribution in [3.63, 3.8) is 0 Å². The number of hydrogen-bond donors (Lipinski definition) is 2. The Kier molecular flexibility index (Phi) is 3.78. The highest BCUT2D eigenvalue weighted by molar-refractivity contribution is 6.05. The highest BCUT2D eigenvalue weighted by Gasteiger charge is 2.13. The molecule has 22 heavy (non-hydrogen) atoms. The average Bonchev–Trinajstić information content (AvgIpc) is 2.95. The lowest BCUT2D eigenvalue weighted by Gasteiger charge is -2.03. The van der Waals surface area contributed by atoms with Gasteiger partial charge in [0, 0.05) is 18.6 Å². The molecule has 0 atom stereocenters. The SMILES string of the molecule is Nc1nccnc1C(=O)Nc1cnn(Cc2ccccc2)c1. The first kappa shape index (κ1) is 13.7. The molecule has 0 aliphatic rings. The molecular formula is C15H14N6O. The van der Waals surface area contributed by atoms with Crippen molar-refractivity contribution in [1.82, 2.24) is 19.7 Å². The van der Waals surface area contributed by atoms with E-state index in [2.05, 4.69) is 20.4 Å². The minimum absolute atomic E-state index is 0.0941. The van der Waals surface area contributed by atoms with Crippen molar-refractivity contribution in [1.29, 1.82) is 0 Å². The number of nitrogens with zero attached hydrogens (tertiary/aromatic N) is 4. The Morgan fingerprint density at radius 2 is 1.95 bits per heavy atom. The maximum absolute atomic E-state index is 12.1. The van der Waals surface area contributed by atoms with Crippen LogP contribution >= 0.6 is 0 Å². The van der Waals surface area contributed by atoms with Crippen molar-refractivity contribution in [3.8, 4) is 0 Å². The second-order valence-corrected chi connectivity index (χ2v) is 4.66. The molecule has 7 heteroatoms. The summed E-state index contributed by atoms with van der Waals surface area (Å²) in [5.74, 6) is -0.318. The van der Waals surface area contributed by atoms with Crippen LogP contribution in [-0.4, -0.2) is 25.7 Å². The van der Waals surface area contributed by atoms with E-state index in [1.165, 1.54) is 12.4 Å². The first-order valence-electron chi connectivity index (χ1n) is 6.66. The molecule has 0 saturated heterocycles. The summed E-state index contributed by atoms with van der Waals surface area (Å²) in [5.41, 5.74) is 7.42. The van der Waals surface area contributed by atoms with Gasteiger partial charge >= 0.3 is 0 Å². The molecule has 1 aromatic carbocycles. The Labute approximate surface area is 126 Å². The molecule has 2 aromatic heterocycles. The molecule has 0 saturated carbocycles. The number of carbonyl (C=O) groups is 1. The van der Waals surface area contributed by atoms with Gasteiger partial charge in [-0.3, -0.25) is 9.48 Å². The molecule has 3 rings (SSSR count). The molecule has 0 aliphatic carbocycles. The first-order valence-corrected chi connectivity index (χ1v) is 6.66.